The quantitative estimate of drug-likeness (QED) is 0.854. The molecule has 2 fully saturated rings. The molecule has 110 valence electrons. The van der Waals surface area contributed by atoms with Crippen molar-refractivity contribution < 1.29 is 13.6 Å². The first-order chi connectivity index (χ1) is 9.02. The second kappa shape index (κ2) is 6.16. The number of likely N-dealkylation sites (tertiary alicyclic amines) is 1. The first kappa shape index (κ1) is 14.7. The van der Waals surface area contributed by atoms with E-state index in [9.17, 15) is 13.6 Å². The number of amides is 1. The molecule has 0 aromatic carbocycles. The Bertz CT molecular complexity index is 313. The predicted molar refractivity (Wildman–Crippen MR) is 70.2 cm³/mol. The molecule has 1 aliphatic carbocycles. The van der Waals surface area contributed by atoms with Crippen LogP contribution in [0.4, 0.5) is 8.78 Å². The molecule has 0 aromatic rings. The number of hydrogen-bond acceptors (Lipinski definition) is 2. The molecule has 1 atom stereocenters. The van der Waals surface area contributed by atoms with Gasteiger partial charge in [0.2, 0.25) is 11.8 Å². The van der Waals surface area contributed by atoms with Gasteiger partial charge >= 0.3 is 0 Å². The van der Waals surface area contributed by atoms with Gasteiger partial charge < -0.3 is 5.32 Å². The lowest BCUT2D eigenvalue weighted by atomic mass is 9.92. The molecule has 2 aliphatic rings. The van der Waals surface area contributed by atoms with Crippen LogP contribution >= 0.6 is 0 Å². The Balaban J connectivity index is 1.81. The Morgan fingerprint density at radius 2 is 2.00 bits per heavy atom. The second-order valence-electron chi connectivity index (χ2n) is 5.83. The zero-order valence-electron chi connectivity index (χ0n) is 11.6. The Kier molecular flexibility index (Phi) is 4.76. The lowest BCUT2D eigenvalue weighted by Gasteiger charge is -2.31. The average Bonchev–Trinajstić information content (AvgIpc) is 2.81. The third-order valence-electron chi connectivity index (χ3n) is 4.24. The van der Waals surface area contributed by atoms with Crippen LogP contribution < -0.4 is 5.32 Å². The van der Waals surface area contributed by atoms with Crippen LogP contribution in [0, 0.1) is 0 Å². The van der Waals surface area contributed by atoms with E-state index < -0.39 is 5.92 Å². The zero-order valence-corrected chi connectivity index (χ0v) is 11.6. The van der Waals surface area contributed by atoms with E-state index in [1.165, 1.54) is 0 Å². The molecule has 0 aromatic heterocycles. The Morgan fingerprint density at radius 1 is 1.32 bits per heavy atom. The van der Waals surface area contributed by atoms with E-state index in [4.69, 9.17) is 0 Å². The number of nitrogens with zero attached hydrogens (tertiary/aromatic N) is 1. The summed E-state index contributed by atoms with van der Waals surface area (Å²) in [5.74, 6) is -2.48. The third kappa shape index (κ3) is 3.88. The number of carbonyl (C=O) groups excluding carboxylic acids is 1. The van der Waals surface area contributed by atoms with Crippen molar-refractivity contribution in [3.05, 3.63) is 0 Å². The third-order valence-corrected chi connectivity index (χ3v) is 4.24. The Hall–Kier alpha value is -0.710. The molecule has 5 heteroatoms. The minimum Gasteiger partial charge on any atom is -0.352 e. The van der Waals surface area contributed by atoms with Crippen molar-refractivity contribution in [1.82, 2.24) is 10.2 Å². The summed E-state index contributed by atoms with van der Waals surface area (Å²) in [6, 6.07) is -0.0985. The van der Waals surface area contributed by atoms with Crippen LogP contribution in [0.1, 0.15) is 51.9 Å². The number of carbonyl (C=O) groups is 1. The van der Waals surface area contributed by atoms with Crippen LogP contribution in [0.3, 0.4) is 0 Å². The molecular formula is C14H24F2N2O. The smallest absolute Gasteiger partial charge is 0.248 e. The molecule has 1 saturated carbocycles. The van der Waals surface area contributed by atoms with Gasteiger partial charge in [0.1, 0.15) is 0 Å². The van der Waals surface area contributed by atoms with Crippen LogP contribution in [-0.4, -0.2) is 41.9 Å². The number of halogens is 2. The number of nitrogens with one attached hydrogen (secondary N) is 1. The molecule has 1 heterocycles. The van der Waals surface area contributed by atoms with Gasteiger partial charge in [-0.05, 0) is 45.2 Å². The van der Waals surface area contributed by atoms with Crippen LogP contribution in [0.2, 0.25) is 0 Å². The van der Waals surface area contributed by atoms with E-state index in [2.05, 4.69) is 17.1 Å². The van der Waals surface area contributed by atoms with E-state index >= 15 is 0 Å². The lowest BCUT2D eigenvalue weighted by Crippen LogP contribution is -2.48. The standard InChI is InChI=1S/C14H24F2N2O/c1-2-9-18-10-3-4-12(18)13(19)17-11-5-7-14(15,16)8-6-11/h11-12H,2-10H2,1H3,(H,17,19). The Labute approximate surface area is 113 Å². The molecule has 2 rings (SSSR count). The fraction of sp³-hybridized carbons (Fsp3) is 0.929. The summed E-state index contributed by atoms with van der Waals surface area (Å²) >= 11 is 0. The van der Waals surface area contributed by atoms with E-state index in [1.54, 1.807) is 0 Å². The van der Waals surface area contributed by atoms with Gasteiger partial charge in [0.05, 0.1) is 6.04 Å². The van der Waals surface area contributed by atoms with Crippen LogP contribution in [0.25, 0.3) is 0 Å². The molecular weight excluding hydrogens is 250 g/mol. The van der Waals surface area contributed by atoms with Crippen LogP contribution in [-0.2, 0) is 4.79 Å². The van der Waals surface area contributed by atoms with Crippen molar-refractivity contribution in [3.8, 4) is 0 Å². The van der Waals surface area contributed by atoms with Gasteiger partial charge in [-0.1, -0.05) is 6.92 Å². The minimum atomic E-state index is -2.52. The fourth-order valence-electron chi connectivity index (χ4n) is 3.16. The number of rotatable bonds is 4. The predicted octanol–water partition coefficient (Wildman–Crippen LogP) is 2.55. The normalized spacial score (nSPS) is 28.5. The molecule has 1 N–H and O–H groups in total. The minimum absolute atomic E-state index is 0.0395. The van der Waals surface area contributed by atoms with Crippen molar-refractivity contribution in [1.29, 1.82) is 0 Å². The largest absolute Gasteiger partial charge is 0.352 e. The van der Waals surface area contributed by atoms with E-state index in [0.29, 0.717) is 12.8 Å². The molecule has 19 heavy (non-hydrogen) atoms. The summed E-state index contributed by atoms with van der Waals surface area (Å²) < 4.78 is 26.1. The van der Waals surface area contributed by atoms with Crippen molar-refractivity contribution >= 4 is 5.91 Å². The van der Waals surface area contributed by atoms with Gasteiger partial charge in [0.25, 0.3) is 0 Å². The molecule has 1 aliphatic heterocycles. The van der Waals surface area contributed by atoms with Gasteiger partial charge in [-0.2, -0.15) is 0 Å². The van der Waals surface area contributed by atoms with Crippen LogP contribution in [0.15, 0.2) is 0 Å². The molecule has 3 nitrogen and oxygen atoms in total. The van der Waals surface area contributed by atoms with Gasteiger partial charge in [-0.25, -0.2) is 8.78 Å². The molecule has 0 spiro atoms. The number of alkyl halides is 2. The molecule has 1 unspecified atom stereocenters. The molecule has 1 amide bonds. The highest BCUT2D eigenvalue weighted by Gasteiger charge is 2.37. The highest BCUT2D eigenvalue weighted by atomic mass is 19.3. The van der Waals surface area contributed by atoms with Crippen molar-refractivity contribution in [3.63, 3.8) is 0 Å². The van der Waals surface area contributed by atoms with Crippen molar-refractivity contribution in [2.24, 2.45) is 0 Å². The average molecular weight is 274 g/mol. The maximum absolute atomic E-state index is 13.1. The molecule has 1 saturated heterocycles. The topological polar surface area (TPSA) is 32.3 Å². The summed E-state index contributed by atoms with van der Waals surface area (Å²) in [5.41, 5.74) is 0. The lowest BCUT2D eigenvalue weighted by molar-refractivity contribution is -0.127. The molecule has 0 radical (unpaired) electrons. The first-order valence-corrected chi connectivity index (χ1v) is 7.44. The summed E-state index contributed by atoms with van der Waals surface area (Å²) in [6.07, 6.45) is 3.61. The summed E-state index contributed by atoms with van der Waals surface area (Å²) in [4.78, 5) is 14.4. The summed E-state index contributed by atoms with van der Waals surface area (Å²) in [5, 5.41) is 2.97. The monoisotopic (exact) mass is 274 g/mol. The number of hydrogen-bond donors (Lipinski definition) is 1. The van der Waals surface area contributed by atoms with Gasteiger partial charge in [-0.3, -0.25) is 9.69 Å². The second-order valence-corrected chi connectivity index (χ2v) is 5.83. The van der Waals surface area contributed by atoms with Crippen molar-refractivity contribution in [2.45, 2.75) is 69.9 Å². The zero-order chi connectivity index (χ0) is 13.9. The maximum atomic E-state index is 13.1. The van der Waals surface area contributed by atoms with Gasteiger partial charge in [0.15, 0.2) is 0 Å². The molecule has 0 bridgehead atoms. The Morgan fingerprint density at radius 3 is 2.63 bits per heavy atom. The van der Waals surface area contributed by atoms with E-state index in [1.807, 2.05) is 0 Å². The summed E-state index contributed by atoms with van der Waals surface area (Å²) in [6.45, 7) is 4.03. The highest BCUT2D eigenvalue weighted by molar-refractivity contribution is 5.82. The summed E-state index contributed by atoms with van der Waals surface area (Å²) in [7, 11) is 0. The van der Waals surface area contributed by atoms with E-state index in [-0.39, 0.29) is 30.8 Å². The van der Waals surface area contributed by atoms with E-state index in [0.717, 1.165) is 32.4 Å². The first-order valence-electron chi connectivity index (χ1n) is 7.44. The van der Waals surface area contributed by atoms with Crippen molar-refractivity contribution in [2.75, 3.05) is 13.1 Å². The van der Waals surface area contributed by atoms with Gasteiger partial charge in [-0.15, -0.1) is 0 Å². The SMILES string of the molecule is CCCN1CCCC1C(=O)NC1CCC(F)(F)CC1. The highest BCUT2D eigenvalue weighted by Crippen LogP contribution is 2.33. The van der Waals surface area contributed by atoms with Gasteiger partial charge in [0, 0.05) is 18.9 Å². The maximum Gasteiger partial charge on any atom is 0.248 e. The van der Waals surface area contributed by atoms with Crippen LogP contribution in [0.5, 0.6) is 0 Å². The fourth-order valence-corrected chi connectivity index (χ4v) is 3.16.